The third-order valence-corrected chi connectivity index (χ3v) is 4.02. The van der Waals surface area contributed by atoms with Crippen LogP contribution in [0.4, 0.5) is 25.8 Å². The monoisotopic (exact) mass is 431 g/mol. The van der Waals surface area contributed by atoms with E-state index < -0.39 is 22.8 Å². The molecule has 1 aromatic heterocycles. The van der Waals surface area contributed by atoms with Gasteiger partial charge in [-0.1, -0.05) is 0 Å². The maximum Gasteiger partial charge on any atom is 0.271 e. The number of nitrogens with zero attached hydrogens (tertiary/aromatic N) is 2. The molecule has 0 unspecified atom stereocenters. The molecule has 3 N–H and O–H groups in total. The molecule has 0 fully saturated rings. The average Bonchev–Trinajstić information content (AvgIpc) is 3.05. The van der Waals surface area contributed by atoms with Gasteiger partial charge in [0, 0.05) is 24.3 Å². The zero-order chi connectivity index (χ0) is 22.6. The number of anilines is 1. The summed E-state index contributed by atoms with van der Waals surface area (Å²) >= 11 is 6.32. The first kappa shape index (κ1) is 22.8. The number of nitrogens with one attached hydrogen (secondary N) is 1. The lowest BCUT2D eigenvalue weighted by atomic mass is 10.3. The first-order chi connectivity index (χ1) is 13.7. The number of aromatic nitrogens is 1. The third-order valence-electron chi connectivity index (χ3n) is 2.80. The molecule has 3 aromatic rings. The number of nitrogen functional groups attached to an aromatic ring is 1. The molecule has 2 aromatic carbocycles. The number of benzene rings is 2. The van der Waals surface area contributed by atoms with Gasteiger partial charge in [-0.15, -0.1) is 24.5 Å². The van der Waals surface area contributed by atoms with E-state index in [1.165, 1.54) is 23.5 Å². The molecular formula is C16H16F2N4O4S2. The van der Waals surface area contributed by atoms with E-state index >= 15 is 0 Å². The number of aromatic amines is 1. The van der Waals surface area contributed by atoms with Crippen molar-refractivity contribution in [2.24, 2.45) is 0 Å². The highest BCUT2D eigenvalue weighted by Crippen LogP contribution is 2.23. The van der Waals surface area contributed by atoms with E-state index in [2.05, 4.69) is 18.1 Å². The van der Waals surface area contributed by atoms with E-state index in [0.717, 1.165) is 28.4 Å². The lowest BCUT2D eigenvalue weighted by molar-refractivity contribution is -0.385. The van der Waals surface area contributed by atoms with Crippen LogP contribution in [0.25, 0.3) is 10.2 Å². The van der Waals surface area contributed by atoms with Gasteiger partial charge >= 0.3 is 0 Å². The Morgan fingerprint density at radius 2 is 1.68 bits per heavy atom. The van der Waals surface area contributed by atoms with Crippen molar-refractivity contribution in [3.05, 3.63) is 79.6 Å². The van der Waals surface area contributed by atoms with E-state index in [-0.39, 0.29) is 17.1 Å². The average molecular weight is 431 g/mol. The van der Waals surface area contributed by atoms with Gasteiger partial charge < -0.3 is 10.7 Å². The van der Waals surface area contributed by atoms with Crippen molar-refractivity contribution < 1.29 is 20.0 Å². The molecule has 0 radical (unpaired) electrons. The fourth-order valence-corrected chi connectivity index (χ4v) is 2.79. The Labute approximate surface area is 168 Å². The molecule has 12 heteroatoms. The summed E-state index contributed by atoms with van der Waals surface area (Å²) < 4.78 is 29.5. The quantitative estimate of drug-likeness (QED) is 0.179. The molecule has 0 saturated heterocycles. The predicted molar refractivity (Wildman–Crippen MR) is 109 cm³/mol. The van der Waals surface area contributed by atoms with Crippen molar-refractivity contribution in [1.29, 1.82) is 0 Å². The van der Waals surface area contributed by atoms with Crippen molar-refractivity contribution in [2.75, 3.05) is 12.9 Å². The number of alkyl halides is 1. The summed E-state index contributed by atoms with van der Waals surface area (Å²) in [6.45, 7) is 6.00. The number of rotatable bonds is 2. The van der Waals surface area contributed by atoms with Crippen molar-refractivity contribution in [3.63, 3.8) is 0 Å². The molecule has 0 bridgehead atoms. The lowest BCUT2D eigenvalue weighted by Gasteiger charge is -1.94. The fourth-order valence-electron chi connectivity index (χ4n) is 1.70. The highest BCUT2D eigenvalue weighted by Gasteiger charge is 2.07. The number of non-ortho nitro benzene ring substituents is 2. The van der Waals surface area contributed by atoms with E-state index in [1.54, 1.807) is 6.07 Å². The predicted octanol–water partition coefficient (Wildman–Crippen LogP) is 5.57. The second-order valence-electron chi connectivity index (χ2n) is 4.42. The lowest BCUT2D eigenvalue weighted by Crippen LogP contribution is -1.93. The first-order valence-corrected chi connectivity index (χ1v) is 8.24. The molecular weight excluding hydrogens is 414 g/mol. The van der Waals surface area contributed by atoms with Crippen LogP contribution < -0.4 is 5.73 Å². The Bertz CT molecular complexity index is 1030. The van der Waals surface area contributed by atoms with Gasteiger partial charge in [-0.25, -0.2) is 4.39 Å². The number of nitrogens with two attached hydrogens (primary N) is 1. The molecule has 150 valence electrons. The van der Waals surface area contributed by atoms with Crippen LogP contribution in [0.2, 0.25) is 0 Å². The van der Waals surface area contributed by atoms with Crippen LogP contribution in [0, 0.1) is 30.0 Å². The first-order valence-electron chi connectivity index (χ1n) is 7.72. The van der Waals surface area contributed by atoms with E-state index in [0.29, 0.717) is 3.95 Å². The third kappa shape index (κ3) is 7.17. The zero-order valence-electron chi connectivity index (χ0n) is 15.3. The molecule has 3 rings (SSSR count). The van der Waals surface area contributed by atoms with Crippen LogP contribution in [0.15, 0.2) is 49.6 Å². The van der Waals surface area contributed by atoms with Crippen LogP contribution in [-0.4, -0.2) is 22.0 Å². The van der Waals surface area contributed by atoms with Crippen LogP contribution in [0.5, 0.6) is 0 Å². The smallest absolute Gasteiger partial charge is 0.271 e. The summed E-state index contributed by atoms with van der Waals surface area (Å²) in [5, 5.41) is 20.5. The number of hydrogen-bond donors (Lipinski definition) is 2. The Morgan fingerprint density at radius 3 is 2.18 bits per heavy atom. The fraction of sp³-hybridized carbons (Fsp3) is 0.0625. The molecule has 8 nitrogen and oxygen atoms in total. The number of H-pyrrole nitrogens is 1. The van der Waals surface area contributed by atoms with Gasteiger partial charge in [0.05, 0.1) is 34.3 Å². The number of nitro benzene ring substituents is 2. The maximum absolute atomic E-state index is 12.4. The molecule has 0 aliphatic heterocycles. The zero-order valence-corrected chi connectivity index (χ0v) is 15.9. The van der Waals surface area contributed by atoms with E-state index in [4.69, 9.17) is 19.3 Å². The van der Waals surface area contributed by atoms with Gasteiger partial charge in [0.25, 0.3) is 11.4 Å². The second kappa shape index (κ2) is 12.2. The Hall–Kier alpha value is -3.25. The number of hydrogen-bond acceptors (Lipinski definition) is 7. The SMILES string of the molecule is C=C.Nc1cc([N+](=O)[O-])ccc1F.O=[N+]([O-])c1ccc2sc(=S)[nH]c2c1.[2H]CF. The molecule has 0 amide bonds. The van der Waals surface area contributed by atoms with Crippen molar-refractivity contribution in [2.45, 2.75) is 0 Å². The van der Waals surface area contributed by atoms with Crippen LogP contribution in [0.1, 0.15) is 1.37 Å². The highest BCUT2D eigenvalue weighted by molar-refractivity contribution is 7.73. The number of fused-ring (bicyclic) bond motifs is 1. The largest absolute Gasteiger partial charge is 0.396 e. The summed E-state index contributed by atoms with van der Waals surface area (Å²) in [6.07, 6.45) is 0. The molecule has 0 aliphatic carbocycles. The van der Waals surface area contributed by atoms with Gasteiger partial charge in [-0.2, -0.15) is 0 Å². The minimum absolute atomic E-state index is 0.0801. The van der Waals surface area contributed by atoms with Crippen molar-refractivity contribution in [1.82, 2.24) is 4.98 Å². The normalized spacial score (nSPS) is 9.43. The minimum atomic E-state index is -1.00. The molecule has 0 spiro atoms. The Balaban J connectivity index is 0.000000448. The molecule has 0 saturated carbocycles. The van der Waals surface area contributed by atoms with Crippen LogP contribution in [0.3, 0.4) is 0 Å². The summed E-state index contributed by atoms with van der Waals surface area (Å²) in [4.78, 5) is 22.3. The van der Waals surface area contributed by atoms with Gasteiger partial charge in [0.1, 0.15) is 5.82 Å². The van der Waals surface area contributed by atoms with Gasteiger partial charge in [-0.05, 0) is 24.4 Å². The van der Waals surface area contributed by atoms with Crippen LogP contribution in [-0.2, 0) is 0 Å². The Morgan fingerprint density at radius 1 is 1.18 bits per heavy atom. The van der Waals surface area contributed by atoms with Gasteiger partial charge in [0.2, 0.25) is 0 Å². The molecule has 28 heavy (non-hydrogen) atoms. The highest BCUT2D eigenvalue weighted by atomic mass is 32.1. The van der Waals surface area contributed by atoms with Gasteiger partial charge in [-0.3, -0.25) is 24.6 Å². The van der Waals surface area contributed by atoms with E-state index in [1.807, 2.05) is 0 Å². The molecule has 0 atom stereocenters. The molecule has 1 heterocycles. The topological polar surface area (TPSA) is 128 Å². The summed E-state index contributed by atoms with van der Waals surface area (Å²) in [5.74, 6) is -0.643. The maximum atomic E-state index is 12.4. The molecule has 0 aliphatic rings. The van der Waals surface area contributed by atoms with E-state index in [9.17, 15) is 29.0 Å². The number of thiazole rings is 1. The minimum Gasteiger partial charge on any atom is -0.396 e. The Kier molecular flexibility index (Phi) is 9.93. The standard InChI is InChI=1S/C7H4N2O2S2.C6H5FN2O2.C2H4.CH3F/c10-9(11)4-1-2-6-5(3-4)8-7(12)13-6;7-5-2-1-4(9(10)11)3-6(5)8;2*1-2/h1-3H,(H,8,12);1-3H,8H2;1-2H2;1H3/i;;;1D. The summed E-state index contributed by atoms with van der Waals surface area (Å²) in [6, 6.07) is 7.67. The van der Waals surface area contributed by atoms with Crippen molar-refractivity contribution in [3.8, 4) is 0 Å². The number of nitro groups is 2. The summed E-state index contributed by atoms with van der Waals surface area (Å²) in [5.41, 5.74) is 5.47. The number of halogens is 2. The van der Waals surface area contributed by atoms with Crippen LogP contribution >= 0.6 is 23.6 Å². The summed E-state index contributed by atoms with van der Waals surface area (Å²) in [7, 11) is -1.00. The van der Waals surface area contributed by atoms with Gasteiger partial charge in [0.15, 0.2) is 3.95 Å². The second-order valence-corrected chi connectivity index (χ2v) is 6.13. The van der Waals surface area contributed by atoms with Crippen molar-refractivity contribution >= 4 is 50.8 Å².